The number of hydrogen-bond acceptors (Lipinski definition) is 5. The molecule has 1 aromatic carbocycles. The molecule has 0 atom stereocenters. The van der Waals surface area contributed by atoms with Gasteiger partial charge in [-0.25, -0.2) is 9.97 Å². The molecule has 2 aromatic heterocycles. The molecule has 0 radical (unpaired) electrons. The van der Waals surface area contributed by atoms with E-state index in [4.69, 9.17) is 4.42 Å². The van der Waals surface area contributed by atoms with Crippen molar-refractivity contribution in [3.05, 3.63) is 54.0 Å². The molecule has 0 amide bonds. The fourth-order valence-electron chi connectivity index (χ4n) is 1.86. The van der Waals surface area contributed by atoms with Gasteiger partial charge in [0.25, 0.3) is 0 Å². The Bertz CT molecular complexity index is 750. The van der Waals surface area contributed by atoms with Crippen LogP contribution in [-0.4, -0.2) is 21.5 Å². The standard InChI is InChI=1S/C15H12N2O2S/c1-10-6-16-15(17-7-10)20-9-13(18)12-8-19-14-5-3-2-4-11(12)14/h2-8H,9H2,1H3. The number of ketones is 1. The molecule has 0 aliphatic heterocycles. The fraction of sp³-hybridized carbons (Fsp3) is 0.133. The number of rotatable bonds is 4. The first-order chi connectivity index (χ1) is 9.74. The molecular weight excluding hydrogens is 272 g/mol. The first kappa shape index (κ1) is 12.9. The Morgan fingerprint density at radius 2 is 2.00 bits per heavy atom. The number of nitrogens with zero attached hydrogens (tertiary/aromatic N) is 2. The van der Waals surface area contributed by atoms with Gasteiger partial charge in [0.15, 0.2) is 10.9 Å². The zero-order valence-electron chi connectivity index (χ0n) is 10.9. The minimum Gasteiger partial charge on any atom is -0.464 e. The van der Waals surface area contributed by atoms with E-state index in [1.54, 1.807) is 12.4 Å². The minimum absolute atomic E-state index is 0.0177. The van der Waals surface area contributed by atoms with Crippen LogP contribution in [0.4, 0.5) is 0 Å². The highest BCUT2D eigenvalue weighted by Gasteiger charge is 2.14. The van der Waals surface area contributed by atoms with E-state index in [-0.39, 0.29) is 5.78 Å². The quantitative estimate of drug-likeness (QED) is 0.417. The van der Waals surface area contributed by atoms with E-state index in [0.717, 1.165) is 16.5 Å². The van der Waals surface area contributed by atoms with Gasteiger partial charge in [0, 0.05) is 17.8 Å². The normalized spacial score (nSPS) is 10.8. The van der Waals surface area contributed by atoms with Crippen LogP contribution in [0, 0.1) is 6.92 Å². The van der Waals surface area contributed by atoms with Gasteiger partial charge in [0.1, 0.15) is 11.8 Å². The number of para-hydroxylation sites is 1. The maximum absolute atomic E-state index is 12.2. The number of furan rings is 1. The van der Waals surface area contributed by atoms with Gasteiger partial charge in [-0.3, -0.25) is 4.79 Å². The third-order valence-corrected chi connectivity index (χ3v) is 3.75. The lowest BCUT2D eigenvalue weighted by molar-refractivity contribution is 0.102. The van der Waals surface area contributed by atoms with Gasteiger partial charge < -0.3 is 4.42 Å². The maximum atomic E-state index is 12.2. The number of Topliss-reactive ketones (excluding diaryl/α,β-unsaturated/α-hetero) is 1. The molecule has 20 heavy (non-hydrogen) atoms. The van der Waals surface area contributed by atoms with Crippen LogP contribution in [0.5, 0.6) is 0 Å². The van der Waals surface area contributed by atoms with E-state index in [2.05, 4.69) is 9.97 Å². The molecular formula is C15H12N2O2S. The Morgan fingerprint density at radius 3 is 2.80 bits per heavy atom. The average Bonchev–Trinajstić information content (AvgIpc) is 2.90. The van der Waals surface area contributed by atoms with E-state index in [1.165, 1.54) is 18.0 Å². The Labute approximate surface area is 120 Å². The third-order valence-electron chi connectivity index (χ3n) is 2.87. The molecule has 3 aromatic rings. The maximum Gasteiger partial charge on any atom is 0.187 e. The fourth-order valence-corrected chi connectivity index (χ4v) is 2.53. The number of hydrogen-bond donors (Lipinski definition) is 0. The first-order valence-corrected chi connectivity index (χ1v) is 7.13. The van der Waals surface area contributed by atoms with Crippen molar-refractivity contribution < 1.29 is 9.21 Å². The van der Waals surface area contributed by atoms with Crippen molar-refractivity contribution >= 4 is 28.5 Å². The van der Waals surface area contributed by atoms with Crippen molar-refractivity contribution in [1.29, 1.82) is 0 Å². The second kappa shape index (κ2) is 5.46. The van der Waals surface area contributed by atoms with Crippen LogP contribution < -0.4 is 0 Å². The van der Waals surface area contributed by atoms with Crippen LogP contribution in [0.15, 0.2) is 52.5 Å². The summed E-state index contributed by atoms with van der Waals surface area (Å²) in [5.41, 5.74) is 2.34. The summed E-state index contributed by atoms with van der Waals surface area (Å²) < 4.78 is 5.38. The van der Waals surface area contributed by atoms with Crippen LogP contribution in [-0.2, 0) is 0 Å². The van der Waals surface area contributed by atoms with Crippen molar-refractivity contribution in [2.75, 3.05) is 5.75 Å². The number of carbonyl (C=O) groups is 1. The molecule has 0 unspecified atom stereocenters. The lowest BCUT2D eigenvalue weighted by Crippen LogP contribution is -2.02. The lowest BCUT2D eigenvalue weighted by atomic mass is 10.1. The Morgan fingerprint density at radius 1 is 1.25 bits per heavy atom. The van der Waals surface area contributed by atoms with Crippen molar-refractivity contribution in [2.24, 2.45) is 0 Å². The summed E-state index contributed by atoms with van der Waals surface area (Å²) in [7, 11) is 0. The minimum atomic E-state index is 0.0177. The number of benzene rings is 1. The zero-order chi connectivity index (χ0) is 13.9. The topological polar surface area (TPSA) is 56.0 Å². The van der Waals surface area contributed by atoms with Crippen LogP contribution >= 0.6 is 11.8 Å². The second-order valence-corrected chi connectivity index (χ2v) is 5.34. The van der Waals surface area contributed by atoms with E-state index in [0.29, 0.717) is 16.5 Å². The first-order valence-electron chi connectivity index (χ1n) is 6.15. The van der Waals surface area contributed by atoms with Crippen molar-refractivity contribution in [3.63, 3.8) is 0 Å². The highest BCUT2D eigenvalue weighted by Crippen LogP contribution is 2.23. The van der Waals surface area contributed by atoms with Gasteiger partial charge in [-0.1, -0.05) is 30.0 Å². The van der Waals surface area contributed by atoms with Gasteiger partial charge in [-0.15, -0.1) is 0 Å². The van der Waals surface area contributed by atoms with E-state index >= 15 is 0 Å². The molecule has 0 aliphatic carbocycles. The molecule has 4 nitrogen and oxygen atoms in total. The van der Waals surface area contributed by atoms with Gasteiger partial charge in [-0.2, -0.15) is 0 Å². The van der Waals surface area contributed by atoms with Crippen LogP contribution in [0.25, 0.3) is 11.0 Å². The van der Waals surface area contributed by atoms with Gasteiger partial charge in [0.05, 0.1) is 11.3 Å². The number of fused-ring (bicyclic) bond motifs is 1. The molecule has 0 fully saturated rings. The zero-order valence-corrected chi connectivity index (χ0v) is 11.7. The van der Waals surface area contributed by atoms with Crippen molar-refractivity contribution in [2.45, 2.75) is 12.1 Å². The Balaban J connectivity index is 1.75. The summed E-state index contributed by atoms with van der Waals surface area (Å²) in [4.78, 5) is 20.6. The van der Waals surface area contributed by atoms with E-state index in [1.807, 2.05) is 31.2 Å². The molecule has 0 saturated heterocycles. The molecule has 0 saturated carbocycles. The predicted molar refractivity (Wildman–Crippen MR) is 78.0 cm³/mol. The Kier molecular flexibility index (Phi) is 3.52. The lowest BCUT2D eigenvalue weighted by Gasteiger charge is -1.99. The van der Waals surface area contributed by atoms with Crippen molar-refractivity contribution in [3.8, 4) is 0 Å². The Hall–Kier alpha value is -2.14. The average molecular weight is 284 g/mol. The summed E-state index contributed by atoms with van der Waals surface area (Å²) in [6.07, 6.45) is 5.00. The molecule has 3 rings (SSSR count). The number of aromatic nitrogens is 2. The molecule has 100 valence electrons. The largest absolute Gasteiger partial charge is 0.464 e. The van der Waals surface area contributed by atoms with Crippen LogP contribution in [0.2, 0.25) is 0 Å². The second-order valence-electron chi connectivity index (χ2n) is 4.40. The SMILES string of the molecule is Cc1cnc(SCC(=O)c2coc3ccccc23)nc1. The smallest absolute Gasteiger partial charge is 0.187 e. The number of carbonyl (C=O) groups excluding carboxylic acids is 1. The molecule has 0 aliphatic rings. The summed E-state index contributed by atoms with van der Waals surface area (Å²) in [6, 6.07) is 7.52. The summed E-state index contributed by atoms with van der Waals surface area (Å²) in [5, 5.41) is 1.46. The summed E-state index contributed by atoms with van der Waals surface area (Å²) in [5.74, 6) is 0.316. The monoisotopic (exact) mass is 284 g/mol. The highest BCUT2D eigenvalue weighted by atomic mass is 32.2. The summed E-state index contributed by atoms with van der Waals surface area (Å²) >= 11 is 1.33. The van der Waals surface area contributed by atoms with Gasteiger partial charge >= 0.3 is 0 Å². The number of thioether (sulfide) groups is 1. The number of aryl methyl sites for hydroxylation is 1. The van der Waals surface area contributed by atoms with Gasteiger partial charge in [0.2, 0.25) is 0 Å². The van der Waals surface area contributed by atoms with E-state index in [9.17, 15) is 4.79 Å². The molecule has 0 spiro atoms. The van der Waals surface area contributed by atoms with Crippen molar-refractivity contribution in [1.82, 2.24) is 9.97 Å². The molecule has 0 N–H and O–H groups in total. The van der Waals surface area contributed by atoms with E-state index < -0.39 is 0 Å². The molecule has 2 heterocycles. The molecule has 5 heteroatoms. The predicted octanol–water partition coefficient (Wildman–Crippen LogP) is 3.51. The highest BCUT2D eigenvalue weighted by molar-refractivity contribution is 7.99. The van der Waals surface area contributed by atoms with Gasteiger partial charge in [-0.05, 0) is 18.6 Å². The van der Waals surface area contributed by atoms with Crippen LogP contribution in [0.1, 0.15) is 15.9 Å². The van der Waals surface area contributed by atoms with Crippen LogP contribution in [0.3, 0.4) is 0 Å². The third kappa shape index (κ3) is 2.58. The molecule has 0 bridgehead atoms. The summed E-state index contributed by atoms with van der Waals surface area (Å²) in [6.45, 7) is 1.93.